The van der Waals surface area contributed by atoms with Crippen molar-refractivity contribution < 1.29 is 9.59 Å². The van der Waals surface area contributed by atoms with Gasteiger partial charge in [-0.2, -0.15) is 0 Å². The number of amides is 2. The van der Waals surface area contributed by atoms with Crippen molar-refractivity contribution in [1.29, 1.82) is 0 Å². The number of rotatable bonds is 4. The SMILES string of the molecule is C[C@]1(NC(=O)c2ccccc2)C(=O)N(c2ccccc2)[C@@H]1c1cccs1. The van der Waals surface area contributed by atoms with Crippen molar-refractivity contribution in [2.24, 2.45) is 0 Å². The van der Waals surface area contributed by atoms with Crippen LogP contribution in [0.5, 0.6) is 0 Å². The number of nitrogens with zero attached hydrogens (tertiary/aromatic N) is 1. The minimum Gasteiger partial charge on any atom is -0.336 e. The summed E-state index contributed by atoms with van der Waals surface area (Å²) in [6, 6.07) is 22.3. The first kappa shape index (κ1) is 16.5. The summed E-state index contributed by atoms with van der Waals surface area (Å²) < 4.78 is 0. The number of para-hydroxylation sites is 1. The maximum absolute atomic E-state index is 13.1. The normalized spacial score (nSPS) is 22.0. The Bertz CT molecular complexity index is 925. The molecular weight excluding hydrogens is 344 g/mol. The Balaban J connectivity index is 1.68. The molecule has 5 heteroatoms. The molecule has 4 nitrogen and oxygen atoms in total. The van der Waals surface area contributed by atoms with Gasteiger partial charge in [0.15, 0.2) is 0 Å². The molecule has 1 aromatic heterocycles. The van der Waals surface area contributed by atoms with Crippen molar-refractivity contribution in [2.75, 3.05) is 4.90 Å². The average Bonchev–Trinajstić information content (AvgIpc) is 3.20. The summed E-state index contributed by atoms with van der Waals surface area (Å²) >= 11 is 1.59. The van der Waals surface area contributed by atoms with Gasteiger partial charge in [0.05, 0.1) is 0 Å². The molecule has 0 unspecified atom stereocenters. The van der Waals surface area contributed by atoms with E-state index in [-0.39, 0.29) is 17.9 Å². The lowest BCUT2D eigenvalue weighted by Gasteiger charge is -2.54. The third kappa shape index (κ3) is 2.61. The summed E-state index contributed by atoms with van der Waals surface area (Å²) in [5.41, 5.74) is 0.403. The van der Waals surface area contributed by atoms with Crippen LogP contribution in [0.4, 0.5) is 5.69 Å². The van der Waals surface area contributed by atoms with Gasteiger partial charge in [0.1, 0.15) is 11.6 Å². The maximum atomic E-state index is 13.1. The number of thiophene rings is 1. The lowest BCUT2D eigenvalue weighted by atomic mass is 9.78. The Morgan fingerprint density at radius 1 is 1.00 bits per heavy atom. The number of hydrogen-bond acceptors (Lipinski definition) is 3. The van der Waals surface area contributed by atoms with Crippen LogP contribution < -0.4 is 10.2 Å². The quantitative estimate of drug-likeness (QED) is 0.713. The molecule has 3 aromatic rings. The molecule has 0 radical (unpaired) electrons. The minimum absolute atomic E-state index is 0.105. The zero-order valence-corrected chi connectivity index (χ0v) is 15.1. The monoisotopic (exact) mass is 362 g/mol. The van der Waals surface area contributed by atoms with Crippen molar-refractivity contribution in [2.45, 2.75) is 18.5 Å². The second-order valence-electron chi connectivity index (χ2n) is 6.45. The number of benzene rings is 2. The molecule has 0 saturated carbocycles. The molecule has 1 aliphatic rings. The van der Waals surface area contributed by atoms with Crippen LogP contribution in [0.3, 0.4) is 0 Å². The van der Waals surface area contributed by atoms with E-state index in [1.165, 1.54) is 0 Å². The van der Waals surface area contributed by atoms with Gasteiger partial charge < -0.3 is 5.32 Å². The molecule has 1 fully saturated rings. The number of anilines is 1. The van der Waals surface area contributed by atoms with Crippen LogP contribution in [0, 0.1) is 0 Å². The number of carbonyl (C=O) groups excluding carboxylic acids is 2. The van der Waals surface area contributed by atoms with Crippen LogP contribution in [-0.4, -0.2) is 17.4 Å². The average molecular weight is 362 g/mol. The number of β-lactam (4-membered cyclic amide) rings is 1. The molecule has 2 atom stereocenters. The van der Waals surface area contributed by atoms with Gasteiger partial charge in [-0.05, 0) is 42.6 Å². The first-order valence-electron chi connectivity index (χ1n) is 8.41. The molecule has 1 saturated heterocycles. The molecular formula is C21H18N2O2S. The number of carbonyl (C=O) groups is 2. The fraction of sp³-hybridized carbons (Fsp3) is 0.143. The van der Waals surface area contributed by atoms with Crippen molar-refractivity contribution >= 4 is 28.8 Å². The third-order valence-electron chi connectivity index (χ3n) is 4.72. The van der Waals surface area contributed by atoms with E-state index in [0.29, 0.717) is 5.56 Å². The van der Waals surface area contributed by atoms with Crippen LogP contribution in [0.2, 0.25) is 0 Å². The Morgan fingerprint density at radius 3 is 2.27 bits per heavy atom. The van der Waals surface area contributed by atoms with Gasteiger partial charge >= 0.3 is 0 Å². The first-order chi connectivity index (χ1) is 12.6. The zero-order valence-electron chi connectivity index (χ0n) is 14.3. The van der Waals surface area contributed by atoms with E-state index in [0.717, 1.165) is 10.6 Å². The fourth-order valence-electron chi connectivity index (χ4n) is 3.41. The molecule has 2 amide bonds. The molecule has 2 aromatic carbocycles. The Labute approximate surface area is 156 Å². The standard InChI is InChI=1S/C21H18N2O2S/c1-21(22-19(24)15-9-4-2-5-10-15)18(17-13-8-14-26-17)23(20(21)25)16-11-6-3-7-12-16/h2-14,18H,1H3,(H,22,24)/t18-,21-/m1/s1. The molecule has 0 bridgehead atoms. The highest BCUT2D eigenvalue weighted by Crippen LogP contribution is 2.47. The lowest BCUT2D eigenvalue weighted by Crippen LogP contribution is -2.74. The number of nitrogens with one attached hydrogen (secondary N) is 1. The largest absolute Gasteiger partial charge is 0.336 e. The predicted molar refractivity (Wildman–Crippen MR) is 103 cm³/mol. The molecule has 0 spiro atoms. The predicted octanol–water partition coefficient (Wildman–Crippen LogP) is 4.02. The topological polar surface area (TPSA) is 49.4 Å². The van der Waals surface area contributed by atoms with Crippen molar-refractivity contribution in [3.63, 3.8) is 0 Å². The van der Waals surface area contributed by atoms with E-state index in [2.05, 4.69) is 5.32 Å². The van der Waals surface area contributed by atoms with Crippen LogP contribution in [0.1, 0.15) is 28.2 Å². The Kier molecular flexibility index (Phi) is 4.09. The molecule has 4 rings (SSSR count). The zero-order chi connectivity index (χ0) is 18.1. The van der Waals surface area contributed by atoms with Gasteiger partial charge in [0.25, 0.3) is 11.8 Å². The van der Waals surface area contributed by atoms with E-state index < -0.39 is 5.54 Å². The molecule has 2 heterocycles. The molecule has 26 heavy (non-hydrogen) atoms. The van der Waals surface area contributed by atoms with Crippen molar-refractivity contribution in [1.82, 2.24) is 5.32 Å². The third-order valence-corrected chi connectivity index (χ3v) is 5.65. The van der Waals surface area contributed by atoms with E-state index >= 15 is 0 Å². The lowest BCUT2D eigenvalue weighted by molar-refractivity contribution is -0.133. The molecule has 0 aliphatic carbocycles. The van der Waals surface area contributed by atoms with Crippen molar-refractivity contribution in [3.05, 3.63) is 88.6 Å². The van der Waals surface area contributed by atoms with E-state index in [1.807, 2.05) is 66.0 Å². The summed E-state index contributed by atoms with van der Waals surface area (Å²) in [5.74, 6) is -0.345. The van der Waals surface area contributed by atoms with Gasteiger partial charge in [-0.25, -0.2) is 0 Å². The number of hydrogen-bond donors (Lipinski definition) is 1. The van der Waals surface area contributed by atoms with E-state index in [9.17, 15) is 9.59 Å². The molecule has 1 aliphatic heterocycles. The highest BCUT2D eigenvalue weighted by molar-refractivity contribution is 7.10. The summed E-state index contributed by atoms with van der Waals surface area (Å²) in [5, 5.41) is 4.96. The highest BCUT2D eigenvalue weighted by atomic mass is 32.1. The van der Waals surface area contributed by atoms with Crippen LogP contribution in [-0.2, 0) is 4.79 Å². The maximum Gasteiger partial charge on any atom is 0.255 e. The van der Waals surface area contributed by atoms with Gasteiger partial charge in [0, 0.05) is 16.1 Å². The van der Waals surface area contributed by atoms with Crippen LogP contribution in [0.15, 0.2) is 78.2 Å². The smallest absolute Gasteiger partial charge is 0.255 e. The Hall–Kier alpha value is -2.92. The van der Waals surface area contributed by atoms with E-state index in [1.54, 1.807) is 35.3 Å². The second-order valence-corrected chi connectivity index (χ2v) is 7.43. The summed E-state index contributed by atoms with van der Waals surface area (Å²) in [7, 11) is 0. The van der Waals surface area contributed by atoms with E-state index in [4.69, 9.17) is 0 Å². The van der Waals surface area contributed by atoms with Crippen LogP contribution in [0.25, 0.3) is 0 Å². The second kappa shape index (κ2) is 6.42. The summed E-state index contributed by atoms with van der Waals surface area (Å²) in [6.45, 7) is 1.81. The molecule has 130 valence electrons. The van der Waals surface area contributed by atoms with Gasteiger partial charge in [-0.3, -0.25) is 14.5 Å². The molecule has 1 N–H and O–H groups in total. The van der Waals surface area contributed by atoms with Gasteiger partial charge in [-0.1, -0.05) is 42.5 Å². The first-order valence-corrected chi connectivity index (χ1v) is 9.29. The van der Waals surface area contributed by atoms with Crippen molar-refractivity contribution in [3.8, 4) is 0 Å². The Morgan fingerprint density at radius 2 is 1.65 bits per heavy atom. The minimum atomic E-state index is -0.979. The highest BCUT2D eigenvalue weighted by Gasteiger charge is 2.60. The summed E-state index contributed by atoms with van der Waals surface area (Å²) in [4.78, 5) is 28.6. The fourth-order valence-corrected chi connectivity index (χ4v) is 4.35. The summed E-state index contributed by atoms with van der Waals surface area (Å²) in [6.07, 6.45) is 0. The van der Waals surface area contributed by atoms with Gasteiger partial charge in [-0.15, -0.1) is 11.3 Å². The van der Waals surface area contributed by atoms with Crippen LogP contribution >= 0.6 is 11.3 Å². The van der Waals surface area contributed by atoms with Gasteiger partial charge in [0.2, 0.25) is 0 Å².